The molecule has 1 aromatic rings. The van der Waals surface area contributed by atoms with Crippen molar-refractivity contribution in [1.82, 2.24) is 10.9 Å². The van der Waals surface area contributed by atoms with E-state index in [0.717, 1.165) is 6.42 Å². The average Bonchev–Trinajstić information content (AvgIpc) is 2.76. The predicted molar refractivity (Wildman–Crippen MR) is 68.2 cm³/mol. The van der Waals surface area contributed by atoms with Gasteiger partial charge in [0.2, 0.25) is 0 Å². The minimum Gasteiger partial charge on any atom is -0.249 e. The van der Waals surface area contributed by atoms with Gasteiger partial charge >= 0.3 is 0 Å². The first kappa shape index (κ1) is 12.1. The number of benzene rings is 1. The molecule has 2 unspecified atom stereocenters. The largest absolute Gasteiger partial charge is 0.249 e. The Labute approximate surface area is 103 Å². The van der Waals surface area contributed by atoms with Crippen LogP contribution in [0.4, 0.5) is 0 Å². The molecule has 0 radical (unpaired) electrons. The number of hydrazine groups is 1. The highest BCUT2D eigenvalue weighted by atomic mass is 15.4. The van der Waals surface area contributed by atoms with E-state index < -0.39 is 0 Å². The fourth-order valence-electron chi connectivity index (χ4n) is 2.07. The standard InChI is InChI=1S/C14H19N3/c1-14(2,3)11-6-4-10(5-7-11)13-8-12(9-15)16-17-13/h4-7,12-13,16-17H,8H2,1-3H3. The maximum absolute atomic E-state index is 8.83. The highest BCUT2D eigenvalue weighted by Crippen LogP contribution is 2.26. The zero-order valence-corrected chi connectivity index (χ0v) is 10.6. The van der Waals surface area contributed by atoms with Gasteiger partial charge in [-0.1, -0.05) is 45.0 Å². The number of nitrogens with one attached hydrogen (secondary N) is 2. The SMILES string of the molecule is CC(C)(C)c1ccc(C2CC(C#N)NN2)cc1. The summed E-state index contributed by atoms with van der Waals surface area (Å²) in [4.78, 5) is 0. The molecule has 1 fully saturated rings. The van der Waals surface area contributed by atoms with Gasteiger partial charge in [-0.15, -0.1) is 0 Å². The van der Waals surface area contributed by atoms with Gasteiger partial charge in [0.1, 0.15) is 6.04 Å². The van der Waals surface area contributed by atoms with Gasteiger partial charge in [0, 0.05) is 6.04 Å². The predicted octanol–water partition coefficient (Wildman–Crippen LogP) is 2.42. The molecular formula is C14H19N3. The van der Waals surface area contributed by atoms with Gasteiger partial charge in [0.05, 0.1) is 6.07 Å². The van der Waals surface area contributed by atoms with Crippen LogP contribution < -0.4 is 10.9 Å². The van der Waals surface area contributed by atoms with Crippen molar-refractivity contribution in [2.75, 3.05) is 0 Å². The van der Waals surface area contributed by atoms with Gasteiger partial charge < -0.3 is 0 Å². The molecule has 0 saturated carbocycles. The molecule has 1 aliphatic rings. The third-order valence-corrected chi connectivity index (χ3v) is 3.24. The summed E-state index contributed by atoms with van der Waals surface area (Å²) in [5, 5.41) is 8.83. The second-order valence-electron chi connectivity index (χ2n) is 5.63. The van der Waals surface area contributed by atoms with Crippen molar-refractivity contribution < 1.29 is 0 Å². The van der Waals surface area contributed by atoms with Crippen LogP contribution in [0.1, 0.15) is 44.4 Å². The molecule has 1 heterocycles. The molecule has 0 aromatic heterocycles. The number of hydrogen-bond donors (Lipinski definition) is 2. The van der Waals surface area contributed by atoms with Crippen molar-refractivity contribution in [3.05, 3.63) is 35.4 Å². The van der Waals surface area contributed by atoms with E-state index in [-0.39, 0.29) is 17.5 Å². The number of rotatable bonds is 1. The van der Waals surface area contributed by atoms with E-state index in [1.165, 1.54) is 11.1 Å². The fraction of sp³-hybridized carbons (Fsp3) is 0.500. The van der Waals surface area contributed by atoms with Crippen LogP contribution in [-0.2, 0) is 5.41 Å². The molecule has 0 bridgehead atoms. The van der Waals surface area contributed by atoms with Crippen molar-refractivity contribution in [2.45, 2.75) is 44.7 Å². The number of nitrogens with zero attached hydrogens (tertiary/aromatic N) is 1. The van der Waals surface area contributed by atoms with Crippen molar-refractivity contribution in [1.29, 1.82) is 5.26 Å². The molecule has 1 saturated heterocycles. The third-order valence-electron chi connectivity index (χ3n) is 3.24. The molecule has 3 heteroatoms. The highest BCUT2D eigenvalue weighted by molar-refractivity contribution is 5.30. The highest BCUT2D eigenvalue weighted by Gasteiger charge is 2.24. The second kappa shape index (κ2) is 4.48. The van der Waals surface area contributed by atoms with Crippen LogP contribution >= 0.6 is 0 Å². The molecule has 0 amide bonds. The summed E-state index contributed by atoms with van der Waals surface area (Å²) >= 11 is 0. The Kier molecular flexibility index (Phi) is 3.19. The molecule has 1 aliphatic heterocycles. The maximum Gasteiger partial charge on any atom is 0.110 e. The quantitative estimate of drug-likeness (QED) is 0.777. The Hall–Kier alpha value is -1.37. The van der Waals surface area contributed by atoms with Crippen molar-refractivity contribution in [3.63, 3.8) is 0 Å². The second-order valence-corrected chi connectivity index (χ2v) is 5.63. The fourth-order valence-corrected chi connectivity index (χ4v) is 2.07. The molecule has 2 rings (SSSR count). The summed E-state index contributed by atoms with van der Waals surface area (Å²) in [6.07, 6.45) is 0.825. The summed E-state index contributed by atoms with van der Waals surface area (Å²) in [5.74, 6) is 0. The van der Waals surface area contributed by atoms with E-state index >= 15 is 0 Å². The van der Waals surface area contributed by atoms with Crippen LogP contribution in [0, 0.1) is 11.3 Å². The Morgan fingerprint density at radius 3 is 2.29 bits per heavy atom. The summed E-state index contributed by atoms with van der Waals surface area (Å²) in [7, 11) is 0. The molecule has 17 heavy (non-hydrogen) atoms. The Morgan fingerprint density at radius 1 is 1.18 bits per heavy atom. The first-order chi connectivity index (χ1) is 8.00. The van der Waals surface area contributed by atoms with Gasteiger partial charge in [-0.25, -0.2) is 10.9 Å². The summed E-state index contributed by atoms with van der Waals surface area (Å²) in [5.41, 5.74) is 8.91. The van der Waals surface area contributed by atoms with Crippen LogP contribution in [0.15, 0.2) is 24.3 Å². The van der Waals surface area contributed by atoms with Gasteiger partial charge in [-0.3, -0.25) is 0 Å². The zero-order valence-electron chi connectivity index (χ0n) is 10.6. The lowest BCUT2D eigenvalue weighted by atomic mass is 9.86. The average molecular weight is 229 g/mol. The van der Waals surface area contributed by atoms with Crippen LogP contribution in [0.3, 0.4) is 0 Å². The third kappa shape index (κ3) is 2.66. The van der Waals surface area contributed by atoms with E-state index in [1.807, 2.05) is 0 Å². The van der Waals surface area contributed by atoms with Gasteiger partial charge in [-0.05, 0) is 23.0 Å². The van der Waals surface area contributed by atoms with E-state index in [9.17, 15) is 0 Å². The summed E-state index contributed by atoms with van der Waals surface area (Å²) in [6.45, 7) is 6.63. The van der Waals surface area contributed by atoms with Crippen LogP contribution in [-0.4, -0.2) is 6.04 Å². The molecular weight excluding hydrogens is 210 g/mol. The number of nitriles is 1. The lowest BCUT2D eigenvalue weighted by molar-refractivity contribution is 0.569. The van der Waals surface area contributed by atoms with Crippen LogP contribution in [0.2, 0.25) is 0 Å². The van der Waals surface area contributed by atoms with Crippen LogP contribution in [0.5, 0.6) is 0 Å². The Morgan fingerprint density at radius 2 is 1.82 bits per heavy atom. The topological polar surface area (TPSA) is 47.9 Å². The van der Waals surface area contributed by atoms with E-state index in [0.29, 0.717) is 0 Å². The summed E-state index contributed by atoms with van der Waals surface area (Å²) < 4.78 is 0. The molecule has 3 nitrogen and oxygen atoms in total. The maximum atomic E-state index is 8.83. The van der Waals surface area contributed by atoms with Gasteiger partial charge in [0.15, 0.2) is 0 Å². The van der Waals surface area contributed by atoms with E-state index in [2.05, 4.69) is 62.0 Å². The Balaban J connectivity index is 2.12. The molecule has 2 atom stereocenters. The van der Waals surface area contributed by atoms with Crippen LogP contribution in [0.25, 0.3) is 0 Å². The molecule has 90 valence electrons. The molecule has 0 aliphatic carbocycles. The van der Waals surface area contributed by atoms with E-state index in [4.69, 9.17) is 5.26 Å². The molecule has 1 aromatic carbocycles. The first-order valence-electron chi connectivity index (χ1n) is 6.02. The normalized spacial score (nSPS) is 24.6. The van der Waals surface area contributed by atoms with Crippen molar-refractivity contribution in [3.8, 4) is 6.07 Å². The smallest absolute Gasteiger partial charge is 0.110 e. The van der Waals surface area contributed by atoms with Gasteiger partial charge in [-0.2, -0.15) is 5.26 Å². The Bertz CT molecular complexity index is 422. The minimum absolute atomic E-state index is 0.0812. The van der Waals surface area contributed by atoms with Crippen molar-refractivity contribution in [2.24, 2.45) is 0 Å². The minimum atomic E-state index is -0.0812. The monoisotopic (exact) mass is 229 g/mol. The first-order valence-corrected chi connectivity index (χ1v) is 6.02. The van der Waals surface area contributed by atoms with Gasteiger partial charge in [0.25, 0.3) is 0 Å². The lowest BCUT2D eigenvalue weighted by Crippen LogP contribution is -2.29. The molecule has 2 N–H and O–H groups in total. The lowest BCUT2D eigenvalue weighted by Gasteiger charge is -2.20. The van der Waals surface area contributed by atoms with E-state index in [1.54, 1.807) is 0 Å². The van der Waals surface area contributed by atoms with Crippen molar-refractivity contribution >= 4 is 0 Å². The zero-order chi connectivity index (χ0) is 12.5. The summed E-state index contributed by atoms with van der Waals surface area (Å²) in [6, 6.07) is 11.0. The number of hydrogen-bond acceptors (Lipinski definition) is 3. The molecule has 0 spiro atoms.